The van der Waals surface area contributed by atoms with E-state index in [2.05, 4.69) is 35.3 Å². The summed E-state index contributed by atoms with van der Waals surface area (Å²) in [6.07, 6.45) is 6.86. The van der Waals surface area contributed by atoms with Crippen LogP contribution in [-0.4, -0.2) is 40.1 Å². The molecule has 2 aromatic heterocycles. The van der Waals surface area contributed by atoms with Crippen molar-refractivity contribution in [3.05, 3.63) is 30.6 Å². The van der Waals surface area contributed by atoms with Gasteiger partial charge in [0.05, 0.1) is 17.8 Å². The molecule has 1 aliphatic carbocycles. The van der Waals surface area contributed by atoms with E-state index in [4.69, 9.17) is 0 Å². The molecule has 1 aromatic carbocycles. The first-order valence-corrected chi connectivity index (χ1v) is 11.5. The third-order valence-electron chi connectivity index (χ3n) is 4.85. The lowest BCUT2D eigenvalue weighted by Crippen LogP contribution is -2.17. The van der Waals surface area contributed by atoms with Crippen LogP contribution in [0.5, 0.6) is 0 Å². The Morgan fingerprint density at radius 3 is 2.76 bits per heavy atom. The number of nitrogens with zero attached hydrogens (tertiary/aromatic N) is 3. The highest BCUT2D eigenvalue weighted by atomic mass is 32.2. The number of sulfonamides is 1. The van der Waals surface area contributed by atoms with Crippen molar-refractivity contribution in [2.24, 2.45) is 0 Å². The third-order valence-corrected chi connectivity index (χ3v) is 6.34. The second-order valence-corrected chi connectivity index (χ2v) is 9.09. The van der Waals surface area contributed by atoms with Gasteiger partial charge in [0, 0.05) is 11.7 Å². The molecule has 4 rings (SSSR count). The zero-order valence-electron chi connectivity index (χ0n) is 16.3. The molecule has 0 spiro atoms. The molecule has 0 amide bonds. The van der Waals surface area contributed by atoms with Gasteiger partial charge in [0.15, 0.2) is 11.5 Å². The van der Waals surface area contributed by atoms with Crippen molar-refractivity contribution in [3.63, 3.8) is 0 Å². The van der Waals surface area contributed by atoms with Crippen LogP contribution in [0.25, 0.3) is 11.2 Å². The molecule has 0 aliphatic heterocycles. The minimum absolute atomic E-state index is 0.0831. The number of H-pyrrole nitrogens is 1. The summed E-state index contributed by atoms with van der Waals surface area (Å²) in [5.74, 6) is 1.21. The molecule has 1 aliphatic rings. The van der Waals surface area contributed by atoms with E-state index >= 15 is 0 Å². The molecule has 4 N–H and O–H groups in total. The van der Waals surface area contributed by atoms with Crippen LogP contribution in [0, 0.1) is 0 Å². The van der Waals surface area contributed by atoms with E-state index in [1.807, 2.05) is 13.0 Å². The number of aromatic nitrogens is 4. The number of nitrogens with one attached hydrogen (secondary N) is 4. The third kappa shape index (κ3) is 4.76. The Hall–Kier alpha value is -2.88. The lowest BCUT2D eigenvalue weighted by Gasteiger charge is -2.14. The van der Waals surface area contributed by atoms with Gasteiger partial charge in [-0.2, -0.15) is 9.97 Å². The first-order valence-electron chi connectivity index (χ1n) is 9.87. The maximum atomic E-state index is 12.0. The summed E-state index contributed by atoms with van der Waals surface area (Å²) in [5.41, 5.74) is 2.53. The summed E-state index contributed by atoms with van der Waals surface area (Å²) in [6, 6.07) is 7.44. The molecule has 2 heterocycles. The monoisotopic (exact) mass is 415 g/mol. The molecule has 0 atom stereocenters. The van der Waals surface area contributed by atoms with Crippen molar-refractivity contribution in [2.75, 3.05) is 21.1 Å². The Labute approximate surface area is 169 Å². The molecular formula is C19H25N7O2S. The minimum Gasteiger partial charge on any atom is -0.365 e. The van der Waals surface area contributed by atoms with Gasteiger partial charge in [-0.05, 0) is 37.5 Å². The zero-order valence-corrected chi connectivity index (χ0v) is 17.1. The molecule has 0 bridgehead atoms. The smallest absolute Gasteiger partial charge is 0.232 e. The van der Waals surface area contributed by atoms with E-state index in [1.165, 1.54) is 12.8 Å². The predicted molar refractivity (Wildman–Crippen MR) is 115 cm³/mol. The topological polar surface area (TPSA) is 125 Å². The molecule has 0 saturated heterocycles. The van der Waals surface area contributed by atoms with E-state index in [0.29, 0.717) is 35.4 Å². The molecular weight excluding hydrogens is 390 g/mol. The predicted octanol–water partition coefficient (Wildman–Crippen LogP) is 3.60. The Morgan fingerprint density at radius 2 is 1.97 bits per heavy atom. The highest BCUT2D eigenvalue weighted by molar-refractivity contribution is 7.92. The van der Waals surface area contributed by atoms with Gasteiger partial charge in [0.1, 0.15) is 5.52 Å². The van der Waals surface area contributed by atoms with E-state index in [1.54, 1.807) is 24.5 Å². The molecule has 3 aromatic rings. The normalized spacial score (nSPS) is 14.9. The molecule has 9 nitrogen and oxygen atoms in total. The lowest BCUT2D eigenvalue weighted by atomic mass is 10.2. The maximum Gasteiger partial charge on any atom is 0.232 e. The van der Waals surface area contributed by atoms with Crippen LogP contribution < -0.4 is 15.4 Å². The van der Waals surface area contributed by atoms with Gasteiger partial charge in [0.2, 0.25) is 16.0 Å². The van der Waals surface area contributed by atoms with Crippen molar-refractivity contribution >= 4 is 44.3 Å². The van der Waals surface area contributed by atoms with Crippen molar-refractivity contribution < 1.29 is 8.42 Å². The summed E-state index contributed by atoms with van der Waals surface area (Å²) in [7, 11) is -3.35. The quantitative estimate of drug-likeness (QED) is 0.443. The fourth-order valence-corrected chi connectivity index (χ4v) is 4.67. The highest BCUT2D eigenvalue weighted by Crippen LogP contribution is 2.27. The first-order chi connectivity index (χ1) is 14.0. The van der Waals surface area contributed by atoms with E-state index < -0.39 is 10.0 Å². The van der Waals surface area contributed by atoms with Gasteiger partial charge < -0.3 is 15.6 Å². The number of imidazole rings is 1. The Bertz CT molecular complexity index is 1090. The van der Waals surface area contributed by atoms with Crippen LogP contribution in [0.2, 0.25) is 0 Å². The van der Waals surface area contributed by atoms with Gasteiger partial charge in [-0.25, -0.2) is 13.4 Å². The lowest BCUT2D eigenvalue weighted by molar-refractivity contribution is 0.600. The molecule has 154 valence electrons. The molecule has 0 unspecified atom stereocenters. The number of hydrogen-bond donors (Lipinski definition) is 4. The Balaban J connectivity index is 1.57. The van der Waals surface area contributed by atoms with Gasteiger partial charge in [0.25, 0.3) is 0 Å². The van der Waals surface area contributed by atoms with Crippen LogP contribution >= 0.6 is 0 Å². The largest absolute Gasteiger partial charge is 0.365 e. The van der Waals surface area contributed by atoms with Gasteiger partial charge >= 0.3 is 0 Å². The van der Waals surface area contributed by atoms with Gasteiger partial charge in [-0.1, -0.05) is 25.8 Å². The maximum absolute atomic E-state index is 12.0. The summed E-state index contributed by atoms with van der Waals surface area (Å²) in [6.45, 7) is 1.83. The summed E-state index contributed by atoms with van der Waals surface area (Å²) >= 11 is 0. The number of hydrogen-bond acceptors (Lipinski definition) is 7. The standard InChI is InChI=1S/C19H25N7O2S/c1-2-10-29(27,28)26-15-9-5-8-14(11-15)23-19-24-17-16(20-12-21-17)18(25-19)22-13-6-3-4-7-13/h5,8-9,11-13,26H,2-4,6-7,10H2,1H3,(H3,20,21,22,23,24,25). The number of anilines is 4. The second kappa shape index (κ2) is 8.24. The van der Waals surface area contributed by atoms with Crippen LogP contribution in [-0.2, 0) is 10.0 Å². The highest BCUT2D eigenvalue weighted by Gasteiger charge is 2.18. The Kier molecular flexibility index (Phi) is 5.52. The molecule has 1 saturated carbocycles. The summed E-state index contributed by atoms with van der Waals surface area (Å²) < 4.78 is 26.6. The van der Waals surface area contributed by atoms with Gasteiger partial charge in [-0.15, -0.1) is 0 Å². The van der Waals surface area contributed by atoms with Crippen LogP contribution in [0.1, 0.15) is 39.0 Å². The number of rotatable bonds is 8. The summed E-state index contributed by atoms with van der Waals surface area (Å²) in [5, 5.41) is 6.66. The van der Waals surface area contributed by atoms with Crippen LogP contribution in [0.4, 0.5) is 23.1 Å². The zero-order chi connectivity index (χ0) is 20.3. The minimum atomic E-state index is -3.35. The molecule has 1 fully saturated rings. The van der Waals surface area contributed by atoms with E-state index in [9.17, 15) is 8.42 Å². The van der Waals surface area contributed by atoms with Crippen LogP contribution in [0.15, 0.2) is 30.6 Å². The van der Waals surface area contributed by atoms with Crippen LogP contribution in [0.3, 0.4) is 0 Å². The summed E-state index contributed by atoms with van der Waals surface area (Å²) in [4.78, 5) is 16.4. The molecule has 0 radical (unpaired) electrons. The second-order valence-electron chi connectivity index (χ2n) is 7.25. The average molecular weight is 416 g/mol. The van der Waals surface area contributed by atoms with Crippen molar-refractivity contribution in [2.45, 2.75) is 45.1 Å². The van der Waals surface area contributed by atoms with Crippen molar-refractivity contribution in [1.29, 1.82) is 0 Å². The SMILES string of the molecule is CCCS(=O)(=O)Nc1cccc(Nc2nc(NC3CCCC3)c3[nH]cnc3n2)c1. The fourth-order valence-electron chi connectivity index (χ4n) is 3.55. The average Bonchev–Trinajstić information content (AvgIpc) is 3.33. The number of benzene rings is 1. The first kappa shape index (κ1) is 19.4. The Morgan fingerprint density at radius 1 is 1.17 bits per heavy atom. The van der Waals surface area contributed by atoms with E-state index in [-0.39, 0.29) is 5.75 Å². The van der Waals surface area contributed by atoms with Gasteiger partial charge in [-0.3, -0.25) is 4.72 Å². The van der Waals surface area contributed by atoms with E-state index in [0.717, 1.165) is 24.2 Å². The van der Waals surface area contributed by atoms with Crippen molar-refractivity contribution in [1.82, 2.24) is 19.9 Å². The number of fused-ring (bicyclic) bond motifs is 1. The molecule has 29 heavy (non-hydrogen) atoms. The fraction of sp³-hybridized carbons (Fsp3) is 0.421. The number of aromatic amines is 1. The molecule has 10 heteroatoms. The van der Waals surface area contributed by atoms with Crippen molar-refractivity contribution in [3.8, 4) is 0 Å².